The lowest BCUT2D eigenvalue weighted by Gasteiger charge is -2.07. The number of H-pyrrole nitrogens is 1. The first-order valence-electron chi connectivity index (χ1n) is 5.50. The predicted molar refractivity (Wildman–Crippen MR) is 63.9 cm³/mol. The smallest absolute Gasteiger partial charge is 0.110 e. The highest BCUT2D eigenvalue weighted by Gasteiger charge is 2.11. The summed E-state index contributed by atoms with van der Waals surface area (Å²) in [6.07, 6.45) is 6.41. The molecule has 0 aliphatic heterocycles. The Morgan fingerprint density at radius 1 is 1.44 bits per heavy atom. The zero-order chi connectivity index (χ0) is 11.4. The third-order valence-corrected chi connectivity index (χ3v) is 2.73. The second kappa shape index (κ2) is 4.90. The minimum atomic E-state index is 0.311. The van der Waals surface area contributed by atoms with Crippen LogP contribution in [0.2, 0.25) is 0 Å². The van der Waals surface area contributed by atoms with E-state index in [4.69, 9.17) is 5.73 Å². The van der Waals surface area contributed by atoms with Crippen molar-refractivity contribution >= 4 is 0 Å². The molecule has 4 heteroatoms. The maximum Gasteiger partial charge on any atom is 0.110 e. The van der Waals surface area contributed by atoms with E-state index < -0.39 is 0 Å². The fraction of sp³-hybridized carbons (Fsp3) is 0.333. The van der Waals surface area contributed by atoms with E-state index in [0.29, 0.717) is 12.5 Å². The summed E-state index contributed by atoms with van der Waals surface area (Å²) in [5.41, 5.74) is 7.74. The fourth-order valence-electron chi connectivity index (χ4n) is 1.68. The second-order valence-electron chi connectivity index (χ2n) is 3.76. The molecule has 0 amide bonds. The first-order valence-corrected chi connectivity index (χ1v) is 5.50. The molecule has 16 heavy (non-hydrogen) atoms. The van der Waals surface area contributed by atoms with Crippen molar-refractivity contribution in [1.29, 1.82) is 0 Å². The van der Waals surface area contributed by atoms with E-state index in [9.17, 15) is 0 Å². The molecule has 2 heterocycles. The second-order valence-corrected chi connectivity index (χ2v) is 3.76. The van der Waals surface area contributed by atoms with Crippen LogP contribution in [0.15, 0.2) is 30.7 Å². The van der Waals surface area contributed by atoms with Gasteiger partial charge in [-0.05, 0) is 18.6 Å². The van der Waals surface area contributed by atoms with Gasteiger partial charge in [-0.3, -0.25) is 4.98 Å². The van der Waals surface area contributed by atoms with E-state index >= 15 is 0 Å². The number of imidazole rings is 1. The van der Waals surface area contributed by atoms with Crippen molar-refractivity contribution in [2.75, 3.05) is 6.54 Å². The number of aromatic nitrogens is 3. The molecule has 0 saturated heterocycles. The number of pyridine rings is 1. The van der Waals surface area contributed by atoms with Gasteiger partial charge in [0.15, 0.2) is 0 Å². The summed E-state index contributed by atoms with van der Waals surface area (Å²) < 4.78 is 0. The summed E-state index contributed by atoms with van der Waals surface area (Å²) in [4.78, 5) is 11.8. The van der Waals surface area contributed by atoms with Crippen LogP contribution in [0, 0.1) is 0 Å². The molecule has 0 spiro atoms. The maximum atomic E-state index is 5.69. The molecule has 0 aliphatic rings. The van der Waals surface area contributed by atoms with Gasteiger partial charge in [0, 0.05) is 30.4 Å². The summed E-state index contributed by atoms with van der Waals surface area (Å²) in [6.45, 7) is 2.74. The Morgan fingerprint density at radius 3 is 2.94 bits per heavy atom. The fourth-order valence-corrected chi connectivity index (χ4v) is 1.68. The lowest BCUT2D eigenvalue weighted by molar-refractivity contribution is 0.639. The number of nitrogens with zero attached hydrogens (tertiary/aromatic N) is 2. The van der Waals surface area contributed by atoms with Crippen molar-refractivity contribution in [3.8, 4) is 11.3 Å². The van der Waals surface area contributed by atoms with Crippen LogP contribution in [0.4, 0.5) is 0 Å². The first-order chi connectivity index (χ1) is 7.85. The average Bonchev–Trinajstić information content (AvgIpc) is 2.81. The van der Waals surface area contributed by atoms with Crippen molar-refractivity contribution in [3.05, 3.63) is 36.5 Å². The average molecular weight is 216 g/mol. The molecule has 84 valence electrons. The van der Waals surface area contributed by atoms with Gasteiger partial charge in [-0.25, -0.2) is 4.98 Å². The Balaban J connectivity index is 2.26. The molecule has 0 aliphatic carbocycles. The van der Waals surface area contributed by atoms with Gasteiger partial charge < -0.3 is 10.7 Å². The minimum Gasteiger partial charge on any atom is -0.342 e. The Morgan fingerprint density at radius 2 is 2.31 bits per heavy atom. The summed E-state index contributed by atoms with van der Waals surface area (Å²) in [5.74, 6) is 1.27. The summed E-state index contributed by atoms with van der Waals surface area (Å²) >= 11 is 0. The van der Waals surface area contributed by atoms with E-state index in [1.807, 2.05) is 24.5 Å². The van der Waals surface area contributed by atoms with Gasteiger partial charge in [0.1, 0.15) is 5.82 Å². The van der Waals surface area contributed by atoms with E-state index in [2.05, 4.69) is 21.9 Å². The van der Waals surface area contributed by atoms with E-state index in [-0.39, 0.29) is 0 Å². The molecular formula is C12H16N4. The third kappa shape index (κ3) is 2.12. The monoisotopic (exact) mass is 216 g/mol. The molecule has 2 rings (SSSR count). The van der Waals surface area contributed by atoms with Crippen molar-refractivity contribution in [2.45, 2.75) is 19.3 Å². The van der Waals surface area contributed by atoms with Crippen LogP contribution in [-0.4, -0.2) is 21.5 Å². The molecule has 0 radical (unpaired) electrons. The number of hydrogen-bond acceptors (Lipinski definition) is 3. The maximum absolute atomic E-state index is 5.69. The molecule has 0 aromatic carbocycles. The Kier molecular flexibility index (Phi) is 3.31. The number of nitrogens with one attached hydrogen (secondary N) is 1. The molecule has 0 saturated carbocycles. The largest absolute Gasteiger partial charge is 0.342 e. The SMILES string of the molecule is CCC(CN)c1ncc(-c2cccnc2)[nH]1. The highest BCUT2D eigenvalue weighted by molar-refractivity contribution is 5.56. The molecular weight excluding hydrogens is 200 g/mol. The quantitative estimate of drug-likeness (QED) is 0.820. The Labute approximate surface area is 94.9 Å². The number of rotatable bonds is 4. The van der Waals surface area contributed by atoms with Gasteiger partial charge in [0.05, 0.1) is 11.9 Å². The zero-order valence-electron chi connectivity index (χ0n) is 9.35. The molecule has 2 aromatic heterocycles. The minimum absolute atomic E-state index is 0.311. The highest BCUT2D eigenvalue weighted by atomic mass is 14.9. The van der Waals surface area contributed by atoms with Gasteiger partial charge in [-0.2, -0.15) is 0 Å². The van der Waals surface area contributed by atoms with Crippen molar-refractivity contribution in [1.82, 2.24) is 15.0 Å². The number of nitrogens with two attached hydrogens (primary N) is 1. The van der Waals surface area contributed by atoms with E-state index in [0.717, 1.165) is 23.5 Å². The molecule has 2 aromatic rings. The van der Waals surface area contributed by atoms with E-state index in [1.165, 1.54) is 0 Å². The molecule has 1 atom stereocenters. The van der Waals surface area contributed by atoms with Crippen LogP contribution < -0.4 is 5.73 Å². The molecule has 4 nitrogen and oxygen atoms in total. The lowest BCUT2D eigenvalue weighted by atomic mass is 10.1. The van der Waals surface area contributed by atoms with Crippen molar-refractivity contribution in [2.24, 2.45) is 5.73 Å². The summed E-state index contributed by atoms with van der Waals surface area (Å²) in [7, 11) is 0. The van der Waals surface area contributed by atoms with E-state index in [1.54, 1.807) is 6.20 Å². The van der Waals surface area contributed by atoms with Gasteiger partial charge in [0.25, 0.3) is 0 Å². The van der Waals surface area contributed by atoms with Crippen LogP contribution in [0.25, 0.3) is 11.3 Å². The van der Waals surface area contributed by atoms with Crippen LogP contribution in [0.3, 0.4) is 0 Å². The topological polar surface area (TPSA) is 67.6 Å². The lowest BCUT2D eigenvalue weighted by Crippen LogP contribution is -2.12. The van der Waals surface area contributed by atoms with Crippen LogP contribution >= 0.6 is 0 Å². The normalized spacial score (nSPS) is 12.6. The Bertz CT molecular complexity index is 431. The van der Waals surface area contributed by atoms with Crippen LogP contribution in [-0.2, 0) is 0 Å². The van der Waals surface area contributed by atoms with Crippen molar-refractivity contribution < 1.29 is 0 Å². The Hall–Kier alpha value is -1.68. The summed E-state index contributed by atoms with van der Waals surface area (Å²) in [5, 5.41) is 0. The first kappa shape index (κ1) is 10.8. The zero-order valence-corrected chi connectivity index (χ0v) is 9.35. The highest BCUT2D eigenvalue weighted by Crippen LogP contribution is 2.20. The molecule has 3 N–H and O–H groups in total. The van der Waals surface area contributed by atoms with Crippen LogP contribution in [0.1, 0.15) is 25.1 Å². The van der Waals surface area contributed by atoms with Gasteiger partial charge in [-0.1, -0.05) is 6.92 Å². The summed E-state index contributed by atoms with van der Waals surface area (Å²) in [6, 6.07) is 3.92. The predicted octanol–water partition coefficient (Wildman–Crippen LogP) is 1.92. The third-order valence-electron chi connectivity index (χ3n) is 2.73. The van der Waals surface area contributed by atoms with Gasteiger partial charge in [-0.15, -0.1) is 0 Å². The molecule has 0 fully saturated rings. The van der Waals surface area contributed by atoms with Gasteiger partial charge in [0.2, 0.25) is 0 Å². The van der Waals surface area contributed by atoms with Gasteiger partial charge >= 0.3 is 0 Å². The molecule has 1 unspecified atom stereocenters. The standard InChI is InChI=1S/C12H16N4/c1-2-9(6-13)12-15-8-11(16-12)10-4-3-5-14-7-10/h3-5,7-9H,2,6,13H2,1H3,(H,15,16). The number of aromatic amines is 1. The molecule has 0 bridgehead atoms. The van der Waals surface area contributed by atoms with Crippen LogP contribution in [0.5, 0.6) is 0 Å². The number of hydrogen-bond donors (Lipinski definition) is 2. The van der Waals surface area contributed by atoms with Crippen molar-refractivity contribution in [3.63, 3.8) is 0 Å².